The second kappa shape index (κ2) is 7.21. The number of nitrogens with zero attached hydrogens (tertiary/aromatic N) is 2. The number of aromatic nitrogens is 1. The molecule has 0 bridgehead atoms. The molecular weight excluding hydrogens is 256 g/mol. The van der Waals surface area contributed by atoms with E-state index in [2.05, 4.69) is 27.6 Å². The van der Waals surface area contributed by atoms with Crippen molar-refractivity contribution in [1.29, 1.82) is 0 Å². The number of amides is 1. The Morgan fingerprint density at radius 2 is 2.45 bits per heavy atom. The maximum atomic E-state index is 12.1. The summed E-state index contributed by atoms with van der Waals surface area (Å²) in [5.74, 6) is 0.622. The molecule has 0 aliphatic carbocycles. The molecule has 0 spiro atoms. The van der Waals surface area contributed by atoms with Gasteiger partial charge in [-0.25, -0.2) is 4.98 Å². The number of morpholine rings is 1. The molecule has 1 aliphatic rings. The monoisotopic (exact) mass is 278 g/mol. The highest BCUT2D eigenvalue weighted by Crippen LogP contribution is 2.07. The first kappa shape index (κ1) is 14.7. The summed E-state index contributed by atoms with van der Waals surface area (Å²) in [6.45, 7) is 5.81. The first-order valence-corrected chi connectivity index (χ1v) is 6.97. The van der Waals surface area contributed by atoms with Crippen molar-refractivity contribution in [2.45, 2.75) is 13.0 Å². The van der Waals surface area contributed by atoms with E-state index in [0.29, 0.717) is 17.9 Å². The number of ether oxygens (including phenoxy) is 1. The minimum atomic E-state index is -0.0941. The molecule has 1 aliphatic heterocycles. The van der Waals surface area contributed by atoms with Crippen molar-refractivity contribution in [2.75, 3.05) is 45.2 Å². The molecule has 1 atom stereocenters. The van der Waals surface area contributed by atoms with E-state index >= 15 is 0 Å². The number of likely N-dealkylation sites (N-methyl/N-ethyl adjacent to an activating group) is 1. The van der Waals surface area contributed by atoms with Gasteiger partial charge in [-0.2, -0.15) is 0 Å². The lowest BCUT2D eigenvalue weighted by atomic mass is 10.2. The minimum Gasteiger partial charge on any atom is -0.374 e. The number of carbonyl (C=O) groups is 1. The summed E-state index contributed by atoms with van der Waals surface area (Å²) in [6, 6.07) is 3.47. The topological polar surface area (TPSA) is 66.5 Å². The molecule has 6 nitrogen and oxygen atoms in total. The second-order valence-electron chi connectivity index (χ2n) is 4.93. The Kier molecular flexibility index (Phi) is 5.31. The molecule has 1 unspecified atom stereocenters. The van der Waals surface area contributed by atoms with Gasteiger partial charge in [-0.15, -0.1) is 0 Å². The van der Waals surface area contributed by atoms with E-state index in [0.717, 1.165) is 26.2 Å². The van der Waals surface area contributed by atoms with Gasteiger partial charge in [0.15, 0.2) is 0 Å². The van der Waals surface area contributed by atoms with Crippen LogP contribution in [-0.4, -0.2) is 61.7 Å². The molecule has 2 rings (SSSR count). The number of anilines is 1. The molecule has 1 saturated heterocycles. The summed E-state index contributed by atoms with van der Waals surface area (Å²) >= 11 is 0. The van der Waals surface area contributed by atoms with Crippen LogP contribution in [0.4, 0.5) is 5.82 Å². The zero-order valence-electron chi connectivity index (χ0n) is 12.1. The van der Waals surface area contributed by atoms with Crippen LogP contribution in [0.3, 0.4) is 0 Å². The molecule has 20 heavy (non-hydrogen) atoms. The molecule has 0 aromatic carbocycles. The van der Waals surface area contributed by atoms with Gasteiger partial charge in [-0.3, -0.25) is 4.79 Å². The minimum absolute atomic E-state index is 0.0628. The lowest BCUT2D eigenvalue weighted by Gasteiger charge is -2.30. The van der Waals surface area contributed by atoms with E-state index < -0.39 is 0 Å². The van der Waals surface area contributed by atoms with E-state index in [-0.39, 0.29) is 12.0 Å². The molecule has 1 fully saturated rings. The summed E-state index contributed by atoms with van der Waals surface area (Å²) in [4.78, 5) is 18.4. The van der Waals surface area contributed by atoms with Crippen molar-refractivity contribution in [3.05, 3.63) is 23.9 Å². The zero-order valence-corrected chi connectivity index (χ0v) is 12.1. The van der Waals surface area contributed by atoms with Gasteiger partial charge in [0, 0.05) is 37.9 Å². The van der Waals surface area contributed by atoms with Gasteiger partial charge in [0.05, 0.1) is 12.7 Å². The molecular formula is C14H22N4O2. The van der Waals surface area contributed by atoms with Gasteiger partial charge in [-0.1, -0.05) is 0 Å². The van der Waals surface area contributed by atoms with Crippen LogP contribution in [0.5, 0.6) is 0 Å². The summed E-state index contributed by atoms with van der Waals surface area (Å²) in [6.07, 6.45) is 1.70. The fourth-order valence-electron chi connectivity index (χ4n) is 2.15. The van der Waals surface area contributed by atoms with Gasteiger partial charge in [0.25, 0.3) is 5.91 Å². The van der Waals surface area contributed by atoms with Crippen molar-refractivity contribution in [1.82, 2.24) is 15.2 Å². The third kappa shape index (κ3) is 4.18. The highest BCUT2D eigenvalue weighted by molar-refractivity contribution is 5.94. The van der Waals surface area contributed by atoms with Crippen LogP contribution in [0, 0.1) is 0 Å². The van der Waals surface area contributed by atoms with Crippen LogP contribution in [0.15, 0.2) is 18.3 Å². The Bertz CT molecular complexity index is 453. The first-order valence-electron chi connectivity index (χ1n) is 6.97. The van der Waals surface area contributed by atoms with Crippen molar-refractivity contribution in [2.24, 2.45) is 0 Å². The summed E-state index contributed by atoms with van der Waals surface area (Å²) < 4.78 is 5.62. The third-order valence-corrected chi connectivity index (χ3v) is 3.21. The quantitative estimate of drug-likeness (QED) is 0.824. The van der Waals surface area contributed by atoms with Crippen LogP contribution in [0.25, 0.3) is 0 Å². The molecule has 110 valence electrons. The average molecular weight is 278 g/mol. The van der Waals surface area contributed by atoms with Crippen molar-refractivity contribution < 1.29 is 9.53 Å². The maximum absolute atomic E-state index is 12.1. The van der Waals surface area contributed by atoms with Crippen LogP contribution in [-0.2, 0) is 4.74 Å². The molecule has 1 amide bonds. The van der Waals surface area contributed by atoms with Gasteiger partial charge < -0.3 is 20.3 Å². The average Bonchev–Trinajstić information content (AvgIpc) is 2.45. The molecule has 0 saturated carbocycles. The SMILES string of the molecule is CCNc1cc(C(=O)NCC2CN(C)CCO2)ccn1. The molecule has 1 aromatic heterocycles. The Morgan fingerprint density at radius 1 is 1.60 bits per heavy atom. The van der Waals surface area contributed by atoms with Crippen LogP contribution in [0.1, 0.15) is 17.3 Å². The summed E-state index contributed by atoms with van der Waals surface area (Å²) in [5, 5.41) is 6.00. The van der Waals surface area contributed by atoms with Crippen molar-refractivity contribution in [3.8, 4) is 0 Å². The van der Waals surface area contributed by atoms with E-state index in [1.165, 1.54) is 0 Å². The predicted molar refractivity (Wildman–Crippen MR) is 78.0 cm³/mol. The van der Waals surface area contributed by atoms with Gasteiger partial charge in [0.2, 0.25) is 0 Å². The second-order valence-corrected chi connectivity index (χ2v) is 4.93. The fourth-order valence-corrected chi connectivity index (χ4v) is 2.15. The smallest absolute Gasteiger partial charge is 0.251 e. The van der Waals surface area contributed by atoms with Crippen LogP contribution < -0.4 is 10.6 Å². The molecule has 2 N–H and O–H groups in total. The highest BCUT2D eigenvalue weighted by Gasteiger charge is 2.18. The molecule has 6 heteroatoms. The van der Waals surface area contributed by atoms with Crippen molar-refractivity contribution >= 4 is 11.7 Å². The lowest BCUT2D eigenvalue weighted by molar-refractivity contribution is -0.0175. The van der Waals surface area contributed by atoms with Gasteiger partial charge >= 0.3 is 0 Å². The molecule has 1 aromatic rings. The lowest BCUT2D eigenvalue weighted by Crippen LogP contribution is -2.45. The number of pyridine rings is 1. The molecule has 2 heterocycles. The van der Waals surface area contributed by atoms with Gasteiger partial charge in [-0.05, 0) is 26.1 Å². The molecule has 0 radical (unpaired) electrons. The predicted octanol–water partition coefficient (Wildman–Crippen LogP) is 0.574. The maximum Gasteiger partial charge on any atom is 0.251 e. The zero-order chi connectivity index (χ0) is 14.4. The number of hydrogen-bond acceptors (Lipinski definition) is 5. The summed E-state index contributed by atoms with van der Waals surface area (Å²) in [7, 11) is 2.06. The van der Waals surface area contributed by atoms with E-state index in [9.17, 15) is 4.79 Å². The van der Waals surface area contributed by atoms with Crippen molar-refractivity contribution in [3.63, 3.8) is 0 Å². The Labute approximate surface area is 119 Å². The largest absolute Gasteiger partial charge is 0.374 e. The normalized spacial score (nSPS) is 19.6. The van der Waals surface area contributed by atoms with Crippen LogP contribution >= 0.6 is 0 Å². The fraction of sp³-hybridized carbons (Fsp3) is 0.571. The number of rotatable bonds is 5. The Balaban J connectivity index is 1.86. The Morgan fingerprint density at radius 3 is 3.20 bits per heavy atom. The summed E-state index contributed by atoms with van der Waals surface area (Å²) in [5.41, 5.74) is 0.611. The number of carbonyl (C=O) groups excluding carboxylic acids is 1. The van der Waals surface area contributed by atoms with Crippen LogP contribution in [0.2, 0.25) is 0 Å². The van der Waals surface area contributed by atoms with Gasteiger partial charge in [0.1, 0.15) is 5.82 Å². The van der Waals surface area contributed by atoms with E-state index in [1.54, 1.807) is 18.3 Å². The number of nitrogens with one attached hydrogen (secondary N) is 2. The first-order chi connectivity index (χ1) is 9.69. The standard InChI is InChI=1S/C14H22N4O2/c1-3-15-13-8-11(4-5-16-13)14(19)17-9-12-10-18(2)6-7-20-12/h4-5,8,12H,3,6-7,9-10H2,1-2H3,(H,15,16)(H,17,19). The highest BCUT2D eigenvalue weighted by atomic mass is 16.5. The van der Waals surface area contributed by atoms with E-state index in [1.807, 2.05) is 6.92 Å². The third-order valence-electron chi connectivity index (χ3n) is 3.21. The van der Waals surface area contributed by atoms with E-state index in [4.69, 9.17) is 4.74 Å². The Hall–Kier alpha value is -1.66. The number of hydrogen-bond donors (Lipinski definition) is 2.